The van der Waals surface area contributed by atoms with Crippen molar-refractivity contribution in [3.05, 3.63) is 35.4 Å². The molecule has 21 heavy (non-hydrogen) atoms. The number of aromatic carboxylic acids is 1. The van der Waals surface area contributed by atoms with Gasteiger partial charge in [0, 0.05) is 13.1 Å². The molecule has 0 aliphatic carbocycles. The molecule has 4 nitrogen and oxygen atoms in total. The van der Waals surface area contributed by atoms with E-state index < -0.39 is 5.97 Å². The highest BCUT2D eigenvalue weighted by molar-refractivity contribution is 5.89. The van der Waals surface area contributed by atoms with Crippen LogP contribution in [-0.4, -0.2) is 47.8 Å². The van der Waals surface area contributed by atoms with Gasteiger partial charge in [0.05, 0.1) is 17.3 Å². The van der Waals surface area contributed by atoms with Crippen LogP contribution in [0.15, 0.2) is 24.3 Å². The lowest BCUT2D eigenvalue weighted by Gasteiger charge is -2.24. The Labute approximate surface area is 126 Å². The van der Waals surface area contributed by atoms with Gasteiger partial charge in [-0.25, -0.2) is 4.79 Å². The first-order valence-corrected chi connectivity index (χ1v) is 7.55. The van der Waals surface area contributed by atoms with Gasteiger partial charge in [-0.1, -0.05) is 18.2 Å². The standard InChI is InChI=1S/C17H25NO3/c1-17(2)10-8-14(21-17)12-18(3)11-9-13-6-4-5-7-15(13)16(19)20/h4-7,14H,8-12H2,1-3H3,(H,19,20). The summed E-state index contributed by atoms with van der Waals surface area (Å²) in [6, 6.07) is 7.22. The van der Waals surface area contributed by atoms with Crippen molar-refractivity contribution in [3.8, 4) is 0 Å². The van der Waals surface area contributed by atoms with Gasteiger partial charge in [0.15, 0.2) is 0 Å². The fourth-order valence-corrected chi connectivity index (χ4v) is 2.90. The van der Waals surface area contributed by atoms with Crippen LogP contribution in [0, 0.1) is 0 Å². The number of likely N-dealkylation sites (N-methyl/N-ethyl adjacent to an activating group) is 1. The van der Waals surface area contributed by atoms with Gasteiger partial charge in [0.1, 0.15) is 0 Å². The molecule has 2 rings (SSSR count). The highest BCUT2D eigenvalue weighted by Gasteiger charge is 2.31. The summed E-state index contributed by atoms with van der Waals surface area (Å²) in [6.45, 7) is 6.01. The Kier molecular flexibility index (Phi) is 5.01. The second kappa shape index (κ2) is 6.58. The van der Waals surface area contributed by atoms with Crippen molar-refractivity contribution >= 4 is 5.97 Å². The molecule has 1 atom stereocenters. The van der Waals surface area contributed by atoms with Gasteiger partial charge in [-0.3, -0.25) is 0 Å². The fourth-order valence-electron chi connectivity index (χ4n) is 2.90. The van der Waals surface area contributed by atoms with Gasteiger partial charge < -0.3 is 14.7 Å². The van der Waals surface area contributed by atoms with E-state index in [1.807, 2.05) is 12.1 Å². The number of carbonyl (C=O) groups is 1. The van der Waals surface area contributed by atoms with Crippen LogP contribution in [0.2, 0.25) is 0 Å². The molecule has 116 valence electrons. The van der Waals surface area contributed by atoms with Gasteiger partial charge in [-0.05, 0) is 51.8 Å². The van der Waals surface area contributed by atoms with E-state index in [-0.39, 0.29) is 5.60 Å². The molecule has 0 spiro atoms. The Balaban J connectivity index is 1.84. The van der Waals surface area contributed by atoms with Crippen LogP contribution in [0.1, 0.15) is 42.6 Å². The SMILES string of the molecule is CN(CCc1ccccc1C(=O)O)CC1CCC(C)(C)O1. The van der Waals surface area contributed by atoms with Crippen molar-refractivity contribution in [2.75, 3.05) is 20.1 Å². The smallest absolute Gasteiger partial charge is 0.335 e. The highest BCUT2D eigenvalue weighted by Crippen LogP contribution is 2.29. The monoisotopic (exact) mass is 291 g/mol. The van der Waals surface area contributed by atoms with Crippen molar-refractivity contribution in [1.82, 2.24) is 4.90 Å². The minimum absolute atomic E-state index is 0.00140. The van der Waals surface area contributed by atoms with Crippen LogP contribution in [0.3, 0.4) is 0 Å². The molecule has 1 N–H and O–H groups in total. The molecule has 0 amide bonds. The average Bonchev–Trinajstić information content (AvgIpc) is 2.75. The first kappa shape index (κ1) is 16.0. The largest absolute Gasteiger partial charge is 0.478 e. The highest BCUT2D eigenvalue weighted by atomic mass is 16.5. The normalized spacial score (nSPS) is 20.9. The van der Waals surface area contributed by atoms with Crippen molar-refractivity contribution < 1.29 is 14.6 Å². The Hall–Kier alpha value is -1.39. The molecule has 1 fully saturated rings. The maximum Gasteiger partial charge on any atom is 0.335 e. The molecule has 4 heteroatoms. The lowest BCUT2D eigenvalue weighted by atomic mass is 10.0. The molecule has 1 aliphatic rings. The van der Waals surface area contributed by atoms with E-state index in [9.17, 15) is 9.90 Å². The number of carboxylic acid groups (broad SMARTS) is 1. The van der Waals surface area contributed by atoms with Crippen molar-refractivity contribution in [2.45, 2.75) is 44.8 Å². The summed E-state index contributed by atoms with van der Waals surface area (Å²) in [7, 11) is 2.07. The lowest BCUT2D eigenvalue weighted by molar-refractivity contribution is -0.0258. The minimum atomic E-state index is -0.853. The third kappa shape index (κ3) is 4.55. The van der Waals surface area contributed by atoms with Gasteiger partial charge in [-0.2, -0.15) is 0 Å². The van der Waals surface area contributed by atoms with E-state index in [0.29, 0.717) is 11.7 Å². The van der Waals surface area contributed by atoms with E-state index >= 15 is 0 Å². The third-order valence-electron chi connectivity index (χ3n) is 4.08. The Bertz CT molecular complexity index is 499. The maximum absolute atomic E-state index is 11.2. The molecule has 0 aromatic heterocycles. The van der Waals surface area contributed by atoms with Crippen LogP contribution in [0.25, 0.3) is 0 Å². The third-order valence-corrected chi connectivity index (χ3v) is 4.08. The van der Waals surface area contributed by atoms with Crippen LogP contribution in [0.5, 0.6) is 0 Å². The Morgan fingerprint density at radius 2 is 2.14 bits per heavy atom. The molecule has 0 radical (unpaired) electrons. The van der Waals surface area contributed by atoms with Crippen molar-refractivity contribution in [2.24, 2.45) is 0 Å². The molecular formula is C17H25NO3. The van der Waals surface area contributed by atoms with Crippen LogP contribution in [0.4, 0.5) is 0 Å². The van der Waals surface area contributed by atoms with Gasteiger partial charge in [0.2, 0.25) is 0 Å². The second-order valence-electron chi connectivity index (χ2n) is 6.51. The molecule has 1 heterocycles. The van der Waals surface area contributed by atoms with Gasteiger partial charge in [-0.15, -0.1) is 0 Å². The number of rotatable bonds is 6. The lowest BCUT2D eigenvalue weighted by Crippen LogP contribution is -2.32. The predicted octanol–water partition coefficient (Wildman–Crippen LogP) is 2.82. The number of hydrogen-bond acceptors (Lipinski definition) is 3. The summed E-state index contributed by atoms with van der Waals surface area (Å²) >= 11 is 0. The van der Waals surface area contributed by atoms with E-state index in [1.165, 1.54) is 0 Å². The summed E-state index contributed by atoms with van der Waals surface area (Å²) < 4.78 is 6.00. The van der Waals surface area contributed by atoms with Crippen molar-refractivity contribution in [1.29, 1.82) is 0 Å². The van der Waals surface area contributed by atoms with Gasteiger partial charge in [0.25, 0.3) is 0 Å². The molecule has 1 aliphatic heterocycles. The summed E-state index contributed by atoms with van der Waals surface area (Å²) in [6.07, 6.45) is 3.24. The molecule has 1 saturated heterocycles. The number of ether oxygens (including phenoxy) is 1. The van der Waals surface area contributed by atoms with Crippen LogP contribution in [-0.2, 0) is 11.2 Å². The quantitative estimate of drug-likeness (QED) is 0.875. The van der Waals surface area contributed by atoms with E-state index in [2.05, 4.69) is 25.8 Å². The second-order valence-corrected chi connectivity index (χ2v) is 6.51. The molecule has 1 aromatic carbocycles. The number of benzene rings is 1. The minimum Gasteiger partial charge on any atom is -0.478 e. The number of carboxylic acids is 1. The van der Waals surface area contributed by atoms with Crippen LogP contribution < -0.4 is 0 Å². The van der Waals surface area contributed by atoms with E-state index in [4.69, 9.17) is 4.74 Å². The van der Waals surface area contributed by atoms with Crippen molar-refractivity contribution in [3.63, 3.8) is 0 Å². The zero-order valence-electron chi connectivity index (χ0n) is 13.1. The predicted molar refractivity (Wildman–Crippen MR) is 82.8 cm³/mol. The number of hydrogen-bond donors (Lipinski definition) is 1. The van der Waals surface area contributed by atoms with E-state index in [0.717, 1.165) is 37.9 Å². The molecule has 0 saturated carbocycles. The average molecular weight is 291 g/mol. The maximum atomic E-state index is 11.2. The summed E-state index contributed by atoms with van der Waals surface area (Å²) in [5.74, 6) is -0.853. The van der Waals surface area contributed by atoms with Crippen LogP contribution >= 0.6 is 0 Å². The Morgan fingerprint density at radius 3 is 2.76 bits per heavy atom. The molecule has 1 aromatic rings. The summed E-state index contributed by atoms with van der Waals surface area (Å²) in [4.78, 5) is 13.4. The van der Waals surface area contributed by atoms with E-state index in [1.54, 1.807) is 12.1 Å². The zero-order chi connectivity index (χ0) is 15.5. The topological polar surface area (TPSA) is 49.8 Å². The first-order chi connectivity index (χ1) is 9.87. The number of nitrogens with zero attached hydrogens (tertiary/aromatic N) is 1. The molecule has 1 unspecified atom stereocenters. The summed E-state index contributed by atoms with van der Waals surface area (Å²) in [5, 5.41) is 9.18. The Morgan fingerprint density at radius 1 is 1.43 bits per heavy atom. The first-order valence-electron chi connectivity index (χ1n) is 7.55. The zero-order valence-corrected chi connectivity index (χ0v) is 13.1. The molecule has 0 bridgehead atoms. The fraction of sp³-hybridized carbons (Fsp3) is 0.588. The molecular weight excluding hydrogens is 266 g/mol. The van der Waals surface area contributed by atoms with Gasteiger partial charge >= 0.3 is 5.97 Å². The summed E-state index contributed by atoms with van der Waals surface area (Å²) in [5.41, 5.74) is 1.30.